The van der Waals surface area contributed by atoms with E-state index in [1.165, 1.54) is 0 Å². The first-order chi connectivity index (χ1) is 11.5. The van der Waals surface area contributed by atoms with Gasteiger partial charge in [0.2, 0.25) is 5.89 Å². The summed E-state index contributed by atoms with van der Waals surface area (Å²) in [4.78, 5) is 12.3. The van der Waals surface area contributed by atoms with Crippen LogP contribution in [0.3, 0.4) is 0 Å². The number of nitrogens with one attached hydrogen (secondary N) is 1. The summed E-state index contributed by atoms with van der Waals surface area (Å²) in [6.45, 7) is 4.29. The first-order valence-corrected chi connectivity index (χ1v) is 7.87. The van der Waals surface area contributed by atoms with Gasteiger partial charge in [0, 0.05) is 22.2 Å². The first-order valence-electron chi connectivity index (χ1n) is 7.12. The van der Waals surface area contributed by atoms with Crippen LogP contribution >= 0.6 is 23.2 Å². The highest BCUT2D eigenvalue weighted by Crippen LogP contribution is 2.27. The van der Waals surface area contributed by atoms with E-state index in [4.69, 9.17) is 27.6 Å². The summed E-state index contributed by atoms with van der Waals surface area (Å²) in [7, 11) is 0. The van der Waals surface area contributed by atoms with Gasteiger partial charge >= 0.3 is 6.01 Å². The quantitative estimate of drug-likeness (QED) is 0.759. The van der Waals surface area contributed by atoms with E-state index in [0.29, 0.717) is 27.8 Å². The smallest absolute Gasteiger partial charge is 0.322 e. The third-order valence-corrected chi connectivity index (χ3v) is 3.63. The molecule has 0 aliphatic carbocycles. The molecular weight excluding hydrogens is 353 g/mol. The number of anilines is 1. The molecule has 1 N–H and O–H groups in total. The van der Waals surface area contributed by atoms with E-state index in [0.717, 1.165) is 5.69 Å². The Bertz CT molecular complexity index is 883. The summed E-state index contributed by atoms with van der Waals surface area (Å²) in [6, 6.07) is 6.55. The molecule has 3 rings (SSSR count). The van der Waals surface area contributed by atoms with Crippen molar-refractivity contribution in [3.05, 3.63) is 45.7 Å². The predicted molar refractivity (Wildman–Crippen MR) is 90.3 cm³/mol. The maximum absolute atomic E-state index is 12.3. The van der Waals surface area contributed by atoms with Gasteiger partial charge in [-0.3, -0.25) is 14.8 Å². The number of hydrogen-bond acceptors (Lipinski definition) is 5. The van der Waals surface area contributed by atoms with Gasteiger partial charge in [-0.05, 0) is 38.1 Å². The maximum Gasteiger partial charge on any atom is 0.322 e. The van der Waals surface area contributed by atoms with Crippen molar-refractivity contribution in [2.45, 2.75) is 20.4 Å². The molecule has 1 amide bonds. The van der Waals surface area contributed by atoms with Crippen molar-refractivity contribution in [1.29, 1.82) is 0 Å². The van der Waals surface area contributed by atoms with Gasteiger partial charge in [-0.15, -0.1) is 5.10 Å². The van der Waals surface area contributed by atoms with Crippen LogP contribution in [0.15, 0.2) is 28.7 Å². The van der Waals surface area contributed by atoms with Crippen molar-refractivity contribution < 1.29 is 9.21 Å². The van der Waals surface area contributed by atoms with Gasteiger partial charge in [0.05, 0.1) is 5.69 Å². The van der Waals surface area contributed by atoms with Crippen LogP contribution in [-0.2, 0) is 6.54 Å². The molecule has 0 aliphatic rings. The van der Waals surface area contributed by atoms with Gasteiger partial charge in [-0.2, -0.15) is 5.10 Å². The summed E-state index contributed by atoms with van der Waals surface area (Å²) in [6.07, 6.45) is 0. The summed E-state index contributed by atoms with van der Waals surface area (Å²) in [5, 5.41) is 15.4. The van der Waals surface area contributed by atoms with Crippen LogP contribution in [0.2, 0.25) is 10.0 Å². The molecule has 2 heterocycles. The van der Waals surface area contributed by atoms with Gasteiger partial charge in [-0.25, -0.2) is 0 Å². The molecule has 0 saturated heterocycles. The number of benzene rings is 1. The van der Waals surface area contributed by atoms with E-state index in [1.807, 2.05) is 13.8 Å². The highest BCUT2D eigenvalue weighted by atomic mass is 35.5. The van der Waals surface area contributed by atoms with Crippen molar-refractivity contribution in [3.8, 4) is 11.5 Å². The molecule has 0 radical (unpaired) electrons. The Hall–Kier alpha value is -2.38. The van der Waals surface area contributed by atoms with Crippen LogP contribution in [0.1, 0.15) is 23.1 Å². The second-order valence-electron chi connectivity index (χ2n) is 5.01. The molecule has 0 bridgehead atoms. The molecule has 24 heavy (non-hydrogen) atoms. The maximum atomic E-state index is 12.3. The molecule has 0 aliphatic heterocycles. The lowest BCUT2D eigenvalue weighted by atomic mass is 10.2. The van der Waals surface area contributed by atoms with Crippen LogP contribution in [0.25, 0.3) is 11.5 Å². The third-order valence-electron chi connectivity index (χ3n) is 3.19. The second kappa shape index (κ2) is 6.62. The molecule has 9 heteroatoms. The molecule has 0 saturated carbocycles. The summed E-state index contributed by atoms with van der Waals surface area (Å²) >= 11 is 11.9. The normalized spacial score (nSPS) is 10.8. The molecule has 3 aromatic rings. The number of rotatable bonds is 4. The van der Waals surface area contributed by atoms with Crippen LogP contribution in [0.4, 0.5) is 6.01 Å². The van der Waals surface area contributed by atoms with Gasteiger partial charge < -0.3 is 4.42 Å². The van der Waals surface area contributed by atoms with E-state index in [9.17, 15) is 4.79 Å². The minimum atomic E-state index is -0.378. The Labute approximate surface area is 147 Å². The van der Waals surface area contributed by atoms with Gasteiger partial charge in [0.25, 0.3) is 5.91 Å². The van der Waals surface area contributed by atoms with E-state index in [1.54, 1.807) is 28.9 Å². The molecular formula is C15H13Cl2N5O2. The minimum Gasteiger partial charge on any atom is -0.403 e. The van der Waals surface area contributed by atoms with Crippen LogP contribution in [0.5, 0.6) is 0 Å². The molecule has 0 unspecified atom stereocenters. The predicted octanol–water partition coefficient (Wildman–Crippen LogP) is 3.82. The fourth-order valence-electron chi connectivity index (χ4n) is 2.20. The van der Waals surface area contributed by atoms with Gasteiger partial charge in [0.1, 0.15) is 5.69 Å². The second-order valence-corrected chi connectivity index (χ2v) is 5.88. The summed E-state index contributed by atoms with van der Waals surface area (Å²) in [5.74, 6) is -0.174. The molecule has 124 valence electrons. The standard InChI is InChI=1S/C15H13Cl2N5O2/c1-3-22-12(4-8(2)21-22)13(23)18-15-20-19-14(24-15)9-5-10(16)7-11(17)6-9/h4-7H,3H2,1-2H3,(H,18,20,23). The zero-order valence-corrected chi connectivity index (χ0v) is 14.4. The topological polar surface area (TPSA) is 85.8 Å². The minimum absolute atomic E-state index is 0.0207. The Balaban J connectivity index is 1.82. The SMILES string of the molecule is CCn1nc(C)cc1C(=O)Nc1nnc(-c2cc(Cl)cc(Cl)c2)o1. The highest BCUT2D eigenvalue weighted by molar-refractivity contribution is 6.35. The molecule has 0 spiro atoms. The van der Waals surface area contributed by atoms with Crippen molar-refractivity contribution in [2.24, 2.45) is 0 Å². The van der Waals surface area contributed by atoms with Crippen molar-refractivity contribution >= 4 is 35.1 Å². The Kier molecular flexibility index (Phi) is 4.55. The monoisotopic (exact) mass is 365 g/mol. The average Bonchev–Trinajstić information content (AvgIpc) is 3.12. The lowest BCUT2D eigenvalue weighted by molar-refractivity contribution is 0.101. The van der Waals surface area contributed by atoms with E-state index >= 15 is 0 Å². The van der Waals surface area contributed by atoms with Crippen molar-refractivity contribution in [1.82, 2.24) is 20.0 Å². The van der Waals surface area contributed by atoms with Crippen LogP contribution < -0.4 is 5.32 Å². The zero-order chi connectivity index (χ0) is 17.3. The molecule has 7 nitrogen and oxygen atoms in total. The fraction of sp³-hybridized carbons (Fsp3) is 0.200. The Morgan fingerprint density at radius 3 is 2.58 bits per heavy atom. The van der Waals surface area contributed by atoms with Gasteiger partial charge in [0.15, 0.2) is 0 Å². The summed E-state index contributed by atoms with van der Waals surface area (Å²) in [5.41, 5.74) is 1.73. The Morgan fingerprint density at radius 2 is 1.92 bits per heavy atom. The lowest BCUT2D eigenvalue weighted by Gasteiger charge is -2.03. The van der Waals surface area contributed by atoms with Crippen LogP contribution in [0, 0.1) is 6.92 Å². The number of halogens is 2. The number of carbonyl (C=O) groups excluding carboxylic acids is 1. The van der Waals surface area contributed by atoms with E-state index < -0.39 is 0 Å². The van der Waals surface area contributed by atoms with Crippen molar-refractivity contribution in [3.63, 3.8) is 0 Å². The van der Waals surface area contributed by atoms with Gasteiger partial charge in [-0.1, -0.05) is 28.3 Å². The lowest BCUT2D eigenvalue weighted by Crippen LogP contribution is -2.17. The molecule has 2 aromatic heterocycles. The van der Waals surface area contributed by atoms with Crippen LogP contribution in [-0.4, -0.2) is 25.9 Å². The number of aromatic nitrogens is 4. The average molecular weight is 366 g/mol. The highest BCUT2D eigenvalue weighted by Gasteiger charge is 2.17. The van der Waals surface area contributed by atoms with E-state index in [2.05, 4.69) is 20.6 Å². The Morgan fingerprint density at radius 1 is 1.21 bits per heavy atom. The first kappa shape index (κ1) is 16.5. The number of carbonyl (C=O) groups is 1. The third kappa shape index (κ3) is 3.42. The van der Waals surface area contributed by atoms with E-state index in [-0.39, 0.29) is 17.8 Å². The fourth-order valence-corrected chi connectivity index (χ4v) is 2.72. The molecule has 1 aromatic carbocycles. The largest absolute Gasteiger partial charge is 0.403 e. The molecule has 0 fully saturated rings. The zero-order valence-electron chi connectivity index (χ0n) is 12.9. The summed E-state index contributed by atoms with van der Waals surface area (Å²) < 4.78 is 7.05. The number of nitrogens with zero attached hydrogens (tertiary/aromatic N) is 4. The molecule has 0 atom stereocenters. The number of aryl methyl sites for hydroxylation is 2. The number of hydrogen-bond donors (Lipinski definition) is 1. The van der Waals surface area contributed by atoms with Crippen molar-refractivity contribution in [2.75, 3.05) is 5.32 Å². The number of amides is 1.